The molecule has 1 aromatic heterocycles. The number of aromatic nitrogens is 2. The van der Waals surface area contributed by atoms with Gasteiger partial charge in [0, 0.05) is 5.56 Å². The van der Waals surface area contributed by atoms with Crippen LogP contribution in [0, 0.1) is 26.6 Å². The van der Waals surface area contributed by atoms with Gasteiger partial charge in [-0.3, -0.25) is 0 Å². The number of H-pyrrole nitrogens is 1. The van der Waals surface area contributed by atoms with Gasteiger partial charge in [-0.05, 0) is 67.8 Å². The molecule has 2 nitrogen and oxygen atoms in total. The molecule has 0 amide bonds. The van der Waals surface area contributed by atoms with Gasteiger partial charge in [0.2, 0.25) is 0 Å². The zero-order valence-electron chi connectivity index (χ0n) is 11.2. The van der Waals surface area contributed by atoms with Crippen molar-refractivity contribution in [2.24, 2.45) is 0 Å². The van der Waals surface area contributed by atoms with Gasteiger partial charge in [0.05, 0.1) is 11.0 Å². The molecule has 0 aliphatic carbocycles. The molecule has 3 aromatic rings. The maximum atomic E-state index is 13.1. The van der Waals surface area contributed by atoms with E-state index < -0.39 is 0 Å². The largest absolute Gasteiger partial charge is 0.338 e. The van der Waals surface area contributed by atoms with Gasteiger partial charge in [0.15, 0.2) is 0 Å². The SMILES string of the molecule is Cc1cc2nc(-c3ccc(F)cc3C)[nH]c2cc1C. The lowest BCUT2D eigenvalue weighted by atomic mass is 10.1. The Labute approximate surface area is 111 Å². The van der Waals surface area contributed by atoms with Crippen molar-refractivity contribution in [3.63, 3.8) is 0 Å². The van der Waals surface area contributed by atoms with E-state index in [0.29, 0.717) is 0 Å². The molecule has 0 atom stereocenters. The molecule has 3 rings (SSSR count). The second-order valence-corrected chi connectivity index (χ2v) is 5.00. The molecule has 0 radical (unpaired) electrons. The monoisotopic (exact) mass is 254 g/mol. The average molecular weight is 254 g/mol. The van der Waals surface area contributed by atoms with Crippen molar-refractivity contribution in [1.29, 1.82) is 0 Å². The Balaban J connectivity index is 2.20. The number of nitrogens with zero attached hydrogens (tertiary/aromatic N) is 1. The Morgan fingerprint density at radius 3 is 2.42 bits per heavy atom. The molecule has 19 heavy (non-hydrogen) atoms. The lowest BCUT2D eigenvalue weighted by Crippen LogP contribution is -1.86. The third-order valence-corrected chi connectivity index (χ3v) is 3.54. The second-order valence-electron chi connectivity index (χ2n) is 5.00. The first-order valence-corrected chi connectivity index (χ1v) is 6.28. The fourth-order valence-electron chi connectivity index (χ4n) is 2.29. The highest BCUT2D eigenvalue weighted by atomic mass is 19.1. The van der Waals surface area contributed by atoms with Crippen LogP contribution >= 0.6 is 0 Å². The Morgan fingerprint density at radius 2 is 1.68 bits per heavy atom. The van der Waals surface area contributed by atoms with Gasteiger partial charge >= 0.3 is 0 Å². The van der Waals surface area contributed by atoms with Gasteiger partial charge in [0.25, 0.3) is 0 Å². The number of halogens is 1. The number of aromatic amines is 1. The Kier molecular flexibility index (Phi) is 2.63. The molecular weight excluding hydrogens is 239 g/mol. The summed E-state index contributed by atoms with van der Waals surface area (Å²) in [6.07, 6.45) is 0. The minimum Gasteiger partial charge on any atom is -0.338 e. The predicted octanol–water partition coefficient (Wildman–Crippen LogP) is 4.29. The molecule has 0 saturated heterocycles. The van der Waals surface area contributed by atoms with Crippen LogP contribution in [-0.2, 0) is 0 Å². The molecule has 1 heterocycles. The van der Waals surface area contributed by atoms with E-state index in [4.69, 9.17) is 0 Å². The first kappa shape index (κ1) is 11.9. The molecule has 1 N–H and O–H groups in total. The molecule has 0 bridgehead atoms. The average Bonchev–Trinajstić information content (AvgIpc) is 2.72. The van der Waals surface area contributed by atoms with Crippen molar-refractivity contribution in [3.05, 3.63) is 52.8 Å². The van der Waals surface area contributed by atoms with E-state index in [-0.39, 0.29) is 5.82 Å². The van der Waals surface area contributed by atoms with Crippen LogP contribution in [0.25, 0.3) is 22.4 Å². The van der Waals surface area contributed by atoms with E-state index in [9.17, 15) is 4.39 Å². The van der Waals surface area contributed by atoms with Crippen molar-refractivity contribution in [3.8, 4) is 11.4 Å². The predicted molar refractivity (Wildman–Crippen MR) is 75.7 cm³/mol. The first-order valence-electron chi connectivity index (χ1n) is 6.28. The molecule has 0 aliphatic heterocycles. The number of nitrogens with one attached hydrogen (secondary N) is 1. The number of hydrogen-bond acceptors (Lipinski definition) is 1. The molecular formula is C16H15FN2. The second kappa shape index (κ2) is 4.19. The third-order valence-electron chi connectivity index (χ3n) is 3.54. The van der Waals surface area contributed by atoms with Crippen LogP contribution in [0.1, 0.15) is 16.7 Å². The maximum Gasteiger partial charge on any atom is 0.138 e. The molecule has 0 fully saturated rings. The molecule has 0 unspecified atom stereocenters. The lowest BCUT2D eigenvalue weighted by molar-refractivity contribution is 0.627. The Hall–Kier alpha value is -2.16. The van der Waals surface area contributed by atoms with E-state index in [1.54, 1.807) is 6.07 Å². The highest BCUT2D eigenvalue weighted by molar-refractivity contribution is 5.81. The van der Waals surface area contributed by atoms with Crippen LogP contribution in [0.5, 0.6) is 0 Å². The summed E-state index contributed by atoms with van der Waals surface area (Å²) in [5, 5.41) is 0. The molecule has 96 valence electrons. The van der Waals surface area contributed by atoms with Crippen molar-refractivity contribution >= 4 is 11.0 Å². The molecule has 0 saturated carbocycles. The number of imidazole rings is 1. The summed E-state index contributed by atoms with van der Waals surface area (Å²) in [5.74, 6) is 0.571. The Bertz CT molecular complexity index is 733. The quantitative estimate of drug-likeness (QED) is 0.689. The summed E-state index contributed by atoms with van der Waals surface area (Å²) in [5.41, 5.74) is 6.24. The van der Waals surface area contributed by atoms with Crippen LogP contribution in [0.3, 0.4) is 0 Å². The van der Waals surface area contributed by atoms with E-state index in [1.165, 1.54) is 23.3 Å². The highest BCUT2D eigenvalue weighted by Gasteiger charge is 2.09. The lowest BCUT2D eigenvalue weighted by Gasteiger charge is -2.01. The number of rotatable bonds is 1. The van der Waals surface area contributed by atoms with Crippen molar-refractivity contribution in [1.82, 2.24) is 9.97 Å². The van der Waals surface area contributed by atoms with Gasteiger partial charge in [-0.2, -0.15) is 0 Å². The molecule has 2 aromatic carbocycles. The molecule has 3 heteroatoms. The summed E-state index contributed by atoms with van der Waals surface area (Å²) in [7, 11) is 0. The van der Waals surface area contributed by atoms with Crippen LogP contribution in [-0.4, -0.2) is 9.97 Å². The fourth-order valence-corrected chi connectivity index (χ4v) is 2.29. The van der Waals surface area contributed by atoms with Crippen LogP contribution in [0.2, 0.25) is 0 Å². The van der Waals surface area contributed by atoms with Crippen molar-refractivity contribution in [2.45, 2.75) is 20.8 Å². The molecule has 0 spiro atoms. The van der Waals surface area contributed by atoms with Gasteiger partial charge in [-0.25, -0.2) is 9.37 Å². The van der Waals surface area contributed by atoms with E-state index in [2.05, 4.69) is 35.9 Å². The number of fused-ring (bicyclic) bond motifs is 1. The zero-order chi connectivity index (χ0) is 13.6. The van der Waals surface area contributed by atoms with Crippen LogP contribution < -0.4 is 0 Å². The Morgan fingerprint density at radius 1 is 0.947 bits per heavy atom. The smallest absolute Gasteiger partial charge is 0.138 e. The van der Waals surface area contributed by atoms with Crippen molar-refractivity contribution < 1.29 is 4.39 Å². The summed E-state index contributed by atoms with van der Waals surface area (Å²) >= 11 is 0. The van der Waals surface area contributed by atoms with Gasteiger partial charge in [-0.1, -0.05) is 0 Å². The number of hydrogen-bond donors (Lipinski definition) is 1. The summed E-state index contributed by atoms with van der Waals surface area (Å²) in [6, 6.07) is 8.93. The topological polar surface area (TPSA) is 28.7 Å². The molecule has 0 aliphatic rings. The van der Waals surface area contributed by atoms with Gasteiger partial charge in [0.1, 0.15) is 11.6 Å². The minimum atomic E-state index is -0.218. The summed E-state index contributed by atoms with van der Waals surface area (Å²) < 4.78 is 13.1. The standard InChI is InChI=1S/C16H15FN2/c1-9-7-14-15(8-10(9)2)19-16(18-14)13-5-4-12(17)6-11(13)3/h4-8H,1-3H3,(H,18,19). The minimum absolute atomic E-state index is 0.218. The zero-order valence-corrected chi connectivity index (χ0v) is 11.2. The number of aryl methyl sites for hydroxylation is 3. The third kappa shape index (κ3) is 2.01. The number of benzene rings is 2. The normalized spacial score (nSPS) is 11.2. The fraction of sp³-hybridized carbons (Fsp3) is 0.188. The van der Waals surface area contributed by atoms with Crippen LogP contribution in [0.15, 0.2) is 30.3 Å². The first-order chi connectivity index (χ1) is 9.04. The van der Waals surface area contributed by atoms with Crippen LogP contribution in [0.4, 0.5) is 4.39 Å². The highest BCUT2D eigenvalue weighted by Crippen LogP contribution is 2.25. The van der Waals surface area contributed by atoms with E-state index in [1.807, 2.05) is 6.92 Å². The summed E-state index contributed by atoms with van der Waals surface area (Å²) in [4.78, 5) is 7.90. The maximum absolute atomic E-state index is 13.1. The van der Waals surface area contributed by atoms with Gasteiger partial charge < -0.3 is 4.98 Å². The van der Waals surface area contributed by atoms with E-state index in [0.717, 1.165) is 28.0 Å². The van der Waals surface area contributed by atoms with Gasteiger partial charge in [-0.15, -0.1) is 0 Å². The summed E-state index contributed by atoms with van der Waals surface area (Å²) in [6.45, 7) is 6.05. The van der Waals surface area contributed by atoms with E-state index >= 15 is 0 Å². The van der Waals surface area contributed by atoms with Crippen molar-refractivity contribution in [2.75, 3.05) is 0 Å².